The van der Waals surface area contributed by atoms with E-state index in [0.717, 1.165) is 73.8 Å². The summed E-state index contributed by atoms with van der Waals surface area (Å²) in [5.41, 5.74) is 8.04. The van der Waals surface area contributed by atoms with Crippen molar-refractivity contribution >= 4 is 23.3 Å². The zero-order valence-corrected chi connectivity index (χ0v) is 27.7. The molecule has 1 aromatic heterocycles. The molecule has 5 rings (SSSR count). The van der Waals surface area contributed by atoms with E-state index in [1.807, 2.05) is 32.9 Å². The molecule has 0 saturated carbocycles. The van der Waals surface area contributed by atoms with Crippen molar-refractivity contribution in [3.05, 3.63) is 81.1 Å². The molecule has 1 fully saturated rings. The first-order chi connectivity index (χ1) is 20.8. The molecule has 0 unspecified atom stereocenters. The summed E-state index contributed by atoms with van der Waals surface area (Å²) in [6.45, 7) is 16.1. The van der Waals surface area contributed by atoms with Crippen molar-refractivity contribution in [3.8, 4) is 11.1 Å². The Morgan fingerprint density at radius 3 is 2.48 bits per heavy atom. The molecule has 1 atom stereocenters. The van der Waals surface area contributed by atoms with Crippen LogP contribution in [-0.2, 0) is 35.6 Å². The fourth-order valence-corrected chi connectivity index (χ4v) is 6.72. The number of ether oxygens (including phenoxy) is 1. The lowest BCUT2D eigenvalue weighted by Crippen LogP contribution is -2.39. The fraction of sp³-hybridized carbons (Fsp3) is 0.500. The van der Waals surface area contributed by atoms with Crippen molar-refractivity contribution in [2.45, 2.75) is 92.2 Å². The number of piperidine rings is 1. The van der Waals surface area contributed by atoms with Gasteiger partial charge in [0.2, 0.25) is 0 Å². The van der Waals surface area contributed by atoms with Gasteiger partial charge in [-0.25, -0.2) is 4.79 Å². The third kappa shape index (κ3) is 7.12. The van der Waals surface area contributed by atoms with E-state index in [0.29, 0.717) is 11.3 Å². The summed E-state index contributed by atoms with van der Waals surface area (Å²) >= 11 is 6.55. The average molecular weight is 620 g/mol. The van der Waals surface area contributed by atoms with Gasteiger partial charge in [-0.1, -0.05) is 55.8 Å². The Balaban J connectivity index is 1.57. The van der Waals surface area contributed by atoms with E-state index in [9.17, 15) is 15.0 Å². The van der Waals surface area contributed by atoms with Crippen LogP contribution in [0.4, 0.5) is 5.69 Å². The number of pyridine rings is 1. The van der Waals surface area contributed by atoms with Crippen LogP contribution in [0.5, 0.6) is 0 Å². The number of aryl methyl sites for hydroxylation is 1. The van der Waals surface area contributed by atoms with Gasteiger partial charge in [-0.05, 0) is 86.3 Å². The molecular formula is C36H46ClN3O4. The maximum absolute atomic E-state index is 12.7. The highest BCUT2D eigenvalue weighted by molar-refractivity contribution is 6.31. The van der Waals surface area contributed by atoms with Crippen LogP contribution in [-0.4, -0.2) is 51.3 Å². The molecule has 2 aliphatic rings. The number of aliphatic hydroxyl groups excluding tert-OH is 1. The average Bonchev–Trinajstić information content (AvgIpc) is 2.96. The third-order valence-corrected chi connectivity index (χ3v) is 9.39. The summed E-state index contributed by atoms with van der Waals surface area (Å²) in [5, 5.41) is 21.7. The van der Waals surface area contributed by atoms with Gasteiger partial charge in [0, 0.05) is 55.1 Å². The highest BCUT2D eigenvalue weighted by Gasteiger charge is 2.35. The van der Waals surface area contributed by atoms with Crippen LogP contribution in [0.15, 0.2) is 42.6 Å². The van der Waals surface area contributed by atoms with Crippen molar-refractivity contribution in [1.82, 2.24) is 9.88 Å². The van der Waals surface area contributed by atoms with Crippen LogP contribution in [0, 0.1) is 12.3 Å². The lowest BCUT2D eigenvalue weighted by atomic mass is 9.82. The Labute approximate surface area is 266 Å². The fourth-order valence-electron chi connectivity index (χ4n) is 6.44. The van der Waals surface area contributed by atoms with Crippen molar-refractivity contribution in [2.24, 2.45) is 5.41 Å². The van der Waals surface area contributed by atoms with Crippen LogP contribution in [0.3, 0.4) is 0 Å². The van der Waals surface area contributed by atoms with E-state index in [4.69, 9.17) is 16.3 Å². The third-order valence-electron chi connectivity index (χ3n) is 9.04. The minimum atomic E-state index is -1.20. The van der Waals surface area contributed by atoms with Gasteiger partial charge in [0.05, 0.1) is 23.6 Å². The quantitative estimate of drug-likeness (QED) is 0.273. The lowest BCUT2D eigenvalue weighted by molar-refractivity contribution is -0.160. The highest BCUT2D eigenvalue weighted by Crippen LogP contribution is 2.44. The zero-order chi connectivity index (χ0) is 31.8. The van der Waals surface area contributed by atoms with Gasteiger partial charge in [0.15, 0.2) is 6.10 Å². The summed E-state index contributed by atoms with van der Waals surface area (Å²) in [5.74, 6) is -1.05. The molecule has 8 heteroatoms. The van der Waals surface area contributed by atoms with Gasteiger partial charge in [-0.2, -0.15) is 0 Å². The number of aliphatic carboxylic acids is 1. The normalized spacial score (nSPS) is 17.8. The number of carboxylic acids is 1. The number of aromatic nitrogens is 1. The number of rotatable bonds is 8. The van der Waals surface area contributed by atoms with Crippen LogP contribution in [0.2, 0.25) is 5.02 Å². The van der Waals surface area contributed by atoms with E-state index in [-0.39, 0.29) is 12.0 Å². The number of halogens is 1. The number of carbonyl (C=O) groups is 1. The number of fused-ring (bicyclic) bond motifs is 1. The second-order valence-electron chi connectivity index (χ2n) is 14.1. The lowest BCUT2D eigenvalue weighted by Gasteiger charge is -2.41. The van der Waals surface area contributed by atoms with Crippen molar-refractivity contribution in [3.63, 3.8) is 0 Å². The minimum Gasteiger partial charge on any atom is -0.479 e. The predicted molar refractivity (Wildman–Crippen MR) is 176 cm³/mol. The molecule has 0 aliphatic carbocycles. The van der Waals surface area contributed by atoms with E-state index in [2.05, 4.69) is 59.8 Å². The molecule has 2 aliphatic heterocycles. The SMILES string of the molecule is Cc1cccc(Cl)c1CN1CCc2cc(-c3c(CO)ncc([C@H](OC(C)(C)C)C(=O)O)c3N3CCC(C)(C)CC3)ccc2C1. The highest BCUT2D eigenvalue weighted by atomic mass is 35.5. The summed E-state index contributed by atoms with van der Waals surface area (Å²) in [7, 11) is 0. The van der Waals surface area contributed by atoms with Crippen LogP contribution in [0.25, 0.3) is 11.1 Å². The van der Waals surface area contributed by atoms with Gasteiger partial charge in [0.1, 0.15) is 0 Å². The van der Waals surface area contributed by atoms with Crippen molar-refractivity contribution in [2.75, 3.05) is 24.5 Å². The van der Waals surface area contributed by atoms with E-state index < -0.39 is 17.7 Å². The van der Waals surface area contributed by atoms with Gasteiger partial charge in [0.25, 0.3) is 0 Å². The van der Waals surface area contributed by atoms with E-state index >= 15 is 0 Å². The van der Waals surface area contributed by atoms with Gasteiger partial charge in [-0.3, -0.25) is 9.88 Å². The Hall–Kier alpha value is -2.97. The summed E-state index contributed by atoms with van der Waals surface area (Å²) in [4.78, 5) is 22.0. The maximum atomic E-state index is 12.7. The van der Waals surface area contributed by atoms with E-state index in [1.54, 1.807) is 6.20 Å². The molecule has 1 saturated heterocycles. The first-order valence-electron chi connectivity index (χ1n) is 15.6. The summed E-state index contributed by atoms with van der Waals surface area (Å²) in [6, 6.07) is 12.5. The van der Waals surface area contributed by atoms with Crippen LogP contribution in [0.1, 0.15) is 87.1 Å². The smallest absolute Gasteiger partial charge is 0.337 e. The van der Waals surface area contributed by atoms with Gasteiger partial charge in [-0.15, -0.1) is 0 Å². The monoisotopic (exact) mass is 619 g/mol. The molecule has 3 aromatic rings. The van der Waals surface area contributed by atoms with Crippen LogP contribution < -0.4 is 4.90 Å². The largest absolute Gasteiger partial charge is 0.479 e. The minimum absolute atomic E-state index is 0.206. The van der Waals surface area contributed by atoms with E-state index in [1.165, 1.54) is 22.3 Å². The predicted octanol–water partition coefficient (Wildman–Crippen LogP) is 7.33. The topological polar surface area (TPSA) is 86.1 Å². The number of hydrogen-bond donors (Lipinski definition) is 2. The molecule has 236 valence electrons. The molecule has 7 nitrogen and oxygen atoms in total. The standard InChI is InChI=1S/C36H46ClN3O4/c1-23-8-7-9-29(37)28(23)21-39-15-12-24-18-25(10-11-26(24)20-39)31-30(22-41)38-19-27(33(34(42)43)44-35(2,3)4)32(31)40-16-13-36(5,6)14-17-40/h7-11,18-19,33,41H,12-17,20-22H2,1-6H3,(H,42,43)/t33-/m0/s1. The molecule has 2 N–H and O–H groups in total. The molecular weight excluding hydrogens is 574 g/mol. The van der Waals surface area contributed by atoms with Crippen molar-refractivity contribution < 1.29 is 19.7 Å². The molecule has 3 heterocycles. The molecule has 0 amide bonds. The molecule has 2 aromatic carbocycles. The zero-order valence-electron chi connectivity index (χ0n) is 26.9. The number of hydrogen-bond acceptors (Lipinski definition) is 6. The molecule has 44 heavy (non-hydrogen) atoms. The first-order valence-corrected chi connectivity index (χ1v) is 16.0. The van der Waals surface area contributed by atoms with Gasteiger partial charge >= 0.3 is 5.97 Å². The molecule has 0 bridgehead atoms. The number of benzene rings is 2. The van der Waals surface area contributed by atoms with Crippen molar-refractivity contribution in [1.29, 1.82) is 0 Å². The first kappa shape index (κ1) is 32.4. The second-order valence-corrected chi connectivity index (χ2v) is 14.5. The van der Waals surface area contributed by atoms with Gasteiger partial charge < -0.3 is 19.8 Å². The number of nitrogens with zero attached hydrogens (tertiary/aromatic N) is 3. The maximum Gasteiger partial charge on any atom is 0.337 e. The summed E-state index contributed by atoms with van der Waals surface area (Å²) in [6.07, 6.45) is 3.24. The number of aliphatic hydroxyl groups is 1. The molecule has 0 spiro atoms. The van der Waals surface area contributed by atoms with Crippen LogP contribution >= 0.6 is 11.6 Å². The Morgan fingerprint density at radius 1 is 1.11 bits per heavy atom. The number of anilines is 1. The summed E-state index contributed by atoms with van der Waals surface area (Å²) < 4.78 is 6.15. The molecule has 0 radical (unpaired) electrons. The Kier molecular flexibility index (Phi) is 9.43. The second kappa shape index (κ2) is 12.8. The Morgan fingerprint density at radius 2 is 1.84 bits per heavy atom. The Bertz CT molecular complexity index is 1500. The number of carboxylic acid groups (broad SMARTS) is 1.